The van der Waals surface area contributed by atoms with Crippen LogP contribution in [0.25, 0.3) is 0 Å². The van der Waals surface area contributed by atoms with Crippen molar-refractivity contribution in [3.05, 3.63) is 35.4 Å². The minimum absolute atomic E-state index is 0.0779. The van der Waals surface area contributed by atoms with Crippen LogP contribution < -0.4 is 5.32 Å². The lowest BCUT2D eigenvalue weighted by Gasteiger charge is -2.16. The van der Waals surface area contributed by atoms with Crippen molar-refractivity contribution >= 4 is 23.7 Å². The van der Waals surface area contributed by atoms with Gasteiger partial charge in [0.25, 0.3) is 17.7 Å². The highest BCUT2D eigenvalue weighted by Crippen LogP contribution is 2.22. The molecule has 25 heavy (non-hydrogen) atoms. The lowest BCUT2D eigenvalue weighted by Crippen LogP contribution is -2.38. The van der Waals surface area contributed by atoms with Crippen molar-refractivity contribution in [3.8, 4) is 0 Å². The number of fused-ring (bicyclic) bond motifs is 1. The van der Waals surface area contributed by atoms with E-state index in [1.807, 2.05) is 13.8 Å². The average Bonchev–Trinajstić information content (AvgIpc) is 2.82. The van der Waals surface area contributed by atoms with Crippen molar-refractivity contribution < 1.29 is 23.9 Å². The molecule has 0 aromatic heterocycles. The van der Waals surface area contributed by atoms with E-state index in [0.717, 1.165) is 4.90 Å². The summed E-state index contributed by atoms with van der Waals surface area (Å²) in [5, 5.41) is 2.68. The molecular weight excluding hydrogens is 324 g/mol. The molecule has 1 aromatic carbocycles. The third-order valence-electron chi connectivity index (χ3n) is 3.78. The number of carbonyl (C=O) groups excluding carboxylic acids is 4. The molecule has 1 aliphatic rings. The average molecular weight is 346 g/mol. The molecule has 0 spiro atoms. The molecule has 1 aromatic rings. The Morgan fingerprint density at radius 1 is 1.08 bits per heavy atom. The monoisotopic (exact) mass is 346 g/mol. The maximum absolute atomic E-state index is 12.2. The summed E-state index contributed by atoms with van der Waals surface area (Å²) in [4.78, 5) is 49.1. The van der Waals surface area contributed by atoms with Gasteiger partial charge in [0.05, 0.1) is 17.5 Å². The first-order chi connectivity index (χ1) is 11.8. The second-order valence-electron chi connectivity index (χ2n) is 6.33. The van der Waals surface area contributed by atoms with Crippen LogP contribution >= 0.6 is 0 Å². The zero-order valence-corrected chi connectivity index (χ0v) is 14.6. The van der Waals surface area contributed by atoms with Crippen molar-refractivity contribution in [2.75, 3.05) is 13.1 Å². The molecule has 0 saturated heterocycles. The van der Waals surface area contributed by atoms with E-state index in [-0.39, 0.29) is 18.9 Å². The molecule has 7 nitrogen and oxygen atoms in total. The van der Waals surface area contributed by atoms with Crippen LogP contribution in [0.15, 0.2) is 24.3 Å². The largest absolute Gasteiger partial charge is 0.452 e. The summed E-state index contributed by atoms with van der Waals surface area (Å²) < 4.78 is 5.05. The number of esters is 1. The lowest BCUT2D eigenvalue weighted by atomic mass is 10.1. The number of nitrogens with zero attached hydrogens (tertiary/aromatic N) is 1. The second-order valence-corrected chi connectivity index (χ2v) is 6.33. The van der Waals surface area contributed by atoms with Gasteiger partial charge in [0.1, 0.15) is 0 Å². The Kier molecular flexibility index (Phi) is 5.90. The van der Waals surface area contributed by atoms with E-state index in [2.05, 4.69) is 5.32 Å². The molecule has 0 bridgehead atoms. The molecule has 1 N–H and O–H groups in total. The molecule has 2 rings (SSSR count). The highest BCUT2D eigenvalue weighted by molar-refractivity contribution is 6.21. The van der Waals surface area contributed by atoms with Crippen LogP contribution in [0.4, 0.5) is 0 Å². The highest BCUT2D eigenvalue weighted by Gasteiger charge is 2.35. The van der Waals surface area contributed by atoms with E-state index >= 15 is 0 Å². The first kappa shape index (κ1) is 18.6. The standard InChI is InChI=1S/C18H22N2O5/c1-11(2)10-19-16(22)12(3)25-15(21)8-9-20-17(23)13-6-4-5-7-14(13)18(20)24/h4-7,11-12H,8-10H2,1-3H3,(H,19,22)/t12-/m0/s1. The van der Waals surface area contributed by atoms with Crippen molar-refractivity contribution in [3.63, 3.8) is 0 Å². The van der Waals surface area contributed by atoms with Gasteiger partial charge in [0.2, 0.25) is 0 Å². The Morgan fingerprint density at radius 3 is 2.16 bits per heavy atom. The first-order valence-electron chi connectivity index (χ1n) is 8.23. The van der Waals surface area contributed by atoms with Gasteiger partial charge >= 0.3 is 5.97 Å². The van der Waals surface area contributed by atoms with Crippen molar-refractivity contribution in [2.24, 2.45) is 5.92 Å². The number of rotatable bonds is 7. The predicted molar refractivity (Wildman–Crippen MR) is 89.8 cm³/mol. The summed E-state index contributed by atoms with van der Waals surface area (Å²) in [5.41, 5.74) is 0.671. The molecule has 0 unspecified atom stereocenters. The number of ether oxygens (including phenoxy) is 1. The maximum atomic E-state index is 12.2. The summed E-state index contributed by atoms with van der Waals surface area (Å²) >= 11 is 0. The van der Waals surface area contributed by atoms with Crippen molar-refractivity contribution in [2.45, 2.75) is 33.3 Å². The molecule has 0 radical (unpaired) electrons. The van der Waals surface area contributed by atoms with Gasteiger partial charge in [-0.2, -0.15) is 0 Å². The Balaban J connectivity index is 1.84. The Hall–Kier alpha value is -2.70. The van der Waals surface area contributed by atoms with Crippen LogP contribution in [0.2, 0.25) is 0 Å². The minimum atomic E-state index is -0.923. The van der Waals surface area contributed by atoms with E-state index in [4.69, 9.17) is 4.74 Å². The summed E-state index contributed by atoms with van der Waals surface area (Å²) in [6.07, 6.45) is -1.08. The Bertz CT molecular complexity index is 663. The molecule has 3 amide bonds. The van der Waals surface area contributed by atoms with Gasteiger partial charge in [-0.05, 0) is 25.0 Å². The van der Waals surface area contributed by atoms with E-state index in [1.165, 1.54) is 6.92 Å². The Labute approximate surface area is 146 Å². The molecule has 0 fully saturated rings. The van der Waals surface area contributed by atoms with Crippen LogP contribution in [0.5, 0.6) is 0 Å². The highest BCUT2D eigenvalue weighted by atomic mass is 16.5. The van der Waals surface area contributed by atoms with Crippen molar-refractivity contribution in [1.82, 2.24) is 10.2 Å². The predicted octanol–water partition coefficient (Wildman–Crippen LogP) is 1.38. The molecule has 1 aliphatic heterocycles. The van der Waals surface area contributed by atoms with E-state index in [0.29, 0.717) is 23.6 Å². The summed E-state index contributed by atoms with van der Waals surface area (Å²) in [6, 6.07) is 6.52. The summed E-state index contributed by atoms with van der Waals surface area (Å²) in [5.74, 6) is -1.56. The molecular formula is C18H22N2O5. The minimum Gasteiger partial charge on any atom is -0.452 e. The van der Waals surface area contributed by atoms with Crippen LogP contribution in [-0.4, -0.2) is 47.8 Å². The van der Waals surface area contributed by atoms with Crippen LogP contribution in [0.1, 0.15) is 47.9 Å². The topological polar surface area (TPSA) is 92.8 Å². The molecule has 7 heteroatoms. The fourth-order valence-corrected chi connectivity index (χ4v) is 2.40. The third kappa shape index (κ3) is 4.43. The van der Waals surface area contributed by atoms with Gasteiger partial charge in [-0.3, -0.25) is 24.1 Å². The van der Waals surface area contributed by atoms with Gasteiger partial charge < -0.3 is 10.1 Å². The smallest absolute Gasteiger partial charge is 0.308 e. The fraction of sp³-hybridized carbons (Fsp3) is 0.444. The number of imide groups is 1. The van der Waals surface area contributed by atoms with Gasteiger partial charge in [0, 0.05) is 13.1 Å². The zero-order chi connectivity index (χ0) is 18.6. The molecule has 0 saturated carbocycles. The molecule has 1 atom stereocenters. The molecule has 1 heterocycles. The zero-order valence-electron chi connectivity index (χ0n) is 14.6. The first-order valence-corrected chi connectivity index (χ1v) is 8.23. The second kappa shape index (κ2) is 7.92. The van der Waals surface area contributed by atoms with Crippen molar-refractivity contribution in [1.29, 1.82) is 0 Å². The number of nitrogens with one attached hydrogen (secondary N) is 1. The van der Waals surface area contributed by atoms with Gasteiger partial charge in [-0.1, -0.05) is 26.0 Å². The molecule has 134 valence electrons. The van der Waals surface area contributed by atoms with Gasteiger partial charge in [0.15, 0.2) is 6.10 Å². The van der Waals surface area contributed by atoms with Crippen LogP contribution in [-0.2, 0) is 14.3 Å². The van der Waals surface area contributed by atoms with Gasteiger partial charge in [-0.15, -0.1) is 0 Å². The van der Waals surface area contributed by atoms with Crippen LogP contribution in [0.3, 0.4) is 0 Å². The Morgan fingerprint density at radius 2 is 1.64 bits per heavy atom. The number of carbonyl (C=O) groups is 4. The SMILES string of the molecule is CC(C)CNC(=O)[C@H](C)OC(=O)CCN1C(=O)c2ccccc2C1=O. The van der Waals surface area contributed by atoms with E-state index < -0.39 is 23.9 Å². The summed E-state index contributed by atoms with van der Waals surface area (Å²) in [6.45, 7) is 5.81. The number of benzene rings is 1. The fourth-order valence-electron chi connectivity index (χ4n) is 2.40. The quantitative estimate of drug-likeness (QED) is 0.595. The number of hydrogen-bond donors (Lipinski definition) is 1. The van der Waals surface area contributed by atoms with Gasteiger partial charge in [-0.25, -0.2) is 0 Å². The number of amides is 3. The van der Waals surface area contributed by atoms with E-state index in [9.17, 15) is 19.2 Å². The van der Waals surface area contributed by atoms with E-state index in [1.54, 1.807) is 24.3 Å². The van der Waals surface area contributed by atoms with Crippen LogP contribution in [0, 0.1) is 5.92 Å². The maximum Gasteiger partial charge on any atom is 0.308 e. The summed E-state index contributed by atoms with van der Waals surface area (Å²) in [7, 11) is 0. The normalized spacial score (nSPS) is 14.5. The third-order valence-corrected chi connectivity index (χ3v) is 3.78. The number of hydrogen-bond acceptors (Lipinski definition) is 5. The lowest BCUT2D eigenvalue weighted by molar-refractivity contribution is -0.154. The molecule has 0 aliphatic carbocycles.